The number of pyridine rings is 1. The third-order valence-corrected chi connectivity index (χ3v) is 5.55. The van der Waals surface area contributed by atoms with Gasteiger partial charge in [0.25, 0.3) is 11.7 Å². The van der Waals surface area contributed by atoms with E-state index >= 15 is 0 Å². The highest BCUT2D eigenvalue weighted by Crippen LogP contribution is 2.41. The monoisotopic (exact) mass is 486 g/mol. The Morgan fingerprint density at radius 2 is 1.78 bits per heavy atom. The summed E-state index contributed by atoms with van der Waals surface area (Å²) in [5, 5.41) is 11.2. The summed E-state index contributed by atoms with van der Waals surface area (Å²) in [5.74, 6) is -1.96. The van der Waals surface area contributed by atoms with Gasteiger partial charge in [-0.3, -0.25) is 19.5 Å². The molecule has 1 aliphatic heterocycles. The van der Waals surface area contributed by atoms with Crippen LogP contribution < -0.4 is 9.64 Å². The summed E-state index contributed by atoms with van der Waals surface area (Å²) in [7, 11) is 0. The highest BCUT2D eigenvalue weighted by Gasteiger charge is 2.47. The van der Waals surface area contributed by atoms with Crippen LogP contribution in [0.15, 0.2) is 78.5 Å². The van der Waals surface area contributed by atoms with E-state index < -0.39 is 23.7 Å². The first-order chi connectivity index (χ1) is 17.3. The van der Waals surface area contributed by atoms with Gasteiger partial charge in [0, 0.05) is 17.4 Å². The van der Waals surface area contributed by atoms with Crippen molar-refractivity contribution < 1.29 is 29.0 Å². The van der Waals surface area contributed by atoms with Crippen LogP contribution in [0.25, 0.3) is 5.76 Å². The number of amides is 1. The Morgan fingerprint density at radius 3 is 2.42 bits per heavy atom. The first-order valence-electron chi connectivity index (χ1n) is 11.6. The first-order valence-corrected chi connectivity index (χ1v) is 11.6. The standard InChI is InChI=1S/C28H26N2O6/c1-4-35-21-13-11-18(12-14-21)25(31)23-24(22-10-5-6-15-29-22)30(27(33)26(23)32)20-9-7-8-19(16-20)28(34)36-17(2)3/h5-17,24,31H,4H2,1-3H3/b25-23+. The zero-order valence-corrected chi connectivity index (χ0v) is 20.2. The molecule has 2 aromatic carbocycles. The predicted molar refractivity (Wildman–Crippen MR) is 134 cm³/mol. The second-order valence-electron chi connectivity index (χ2n) is 8.39. The third kappa shape index (κ3) is 4.84. The van der Waals surface area contributed by atoms with Crippen molar-refractivity contribution in [2.75, 3.05) is 11.5 Å². The highest BCUT2D eigenvalue weighted by molar-refractivity contribution is 6.51. The van der Waals surface area contributed by atoms with Gasteiger partial charge < -0.3 is 14.6 Å². The van der Waals surface area contributed by atoms with Gasteiger partial charge in [-0.05, 0) is 75.4 Å². The minimum atomic E-state index is -1.01. The number of hydrogen-bond acceptors (Lipinski definition) is 7. The maximum Gasteiger partial charge on any atom is 0.338 e. The number of carbonyl (C=O) groups excluding carboxylic acids is 3. The molecule has 1 N–H and O–H groups in total. The van der Waals surface area contributed by atoms with Gasteiger partial charge in [0.1, 0.15) is 17.6 Å². The van der Waals surface area contributed by atoms with Crippen LogP contribution in [0.4, 0.5) is 5.69 Å². The lowest BCUT2D eigenvalue weighted by Crippen LogP contribution is -2.30. The lowest BCUT2D eigenvalue weighted by molar-refractivity contribution is -0.132. The maximum absolute atomic E-state index is 13.3. The van der Waals surface area contributed by atoms with E-state index in [-0.39, 0.29) is 23.0 Å². The van der Waals surface area contributed by atoms with E-state index in [2.05, 4.69) is 4.98 Å². The quantitative estimate of drug-likeness (QED) is 0.224. The second-order valence-corrected chi connectivity index (χ2v) is 8.39. The molecule has 36 heavy (non-hydrogen) atoms. The lowest BCUT2D eigenvalue weighted by atomic mass is 9.98. The maximum atomic E-state index is 13.3. The van der Waals surface area contributed by atoms with Crippen LogP contribution in [-0.2, 0) is 14.3 Å². The largest absolute Gasteiger partial charge is 0.507 e. The fraction of sp³-hybridized carbons (Fsp3) is 0.214. The average molecular weight is 487 g/mol. The van der Waals surface area contributed by atoms with E-state index in [0.29, 0.717) is 29.3 Å². The van der Waals surface area contributed by atoms with E-state index in [1.165, 1.54) is 11.0 Å². The van der Waals surface area contributed by atoms with Crippen molar-refractivity contribution in [1.29, 1.82) is 0 Å². The molecule has 0 saturated carbocycles. The van der Waals surface area contributed by atoms with Crippen LogP contribution in [-0.4, -0.2) is 40.5 Å². The molecule has 3 aromatic rings. The first kappa shape index (κ1) is 24.7. The molecule has 8 nitrogen and oxygen atoms in total. The van der Waals surface area contributed by atoms with E-state index in [9.17, 15) is 19.5 Å². The molecule has 1 atom stereocenters. The van der Waals surface area contributed by atoms with Gasteiger partial charge in [-0.1, -0.05) is 12.1 Å². The molecule has 1 amide bonds. The lowest BCUT2D eigenvalue weighted by Gasteiger charge is -2.25. The summed E-state index contributed by atoms with van der Waals surface area (Å²) in [5.41, 5.74) is 1.18. The molecule has 1 fully saturated rings. The molecule has 0 aliphatic carbocycles. The Balaban J connectivity index is 1.84. The summed E-state index contributed by atoms with van der Waals surface area (Å²) >= 11 is 0. The van der Waals surface area contributed by atoms with Crippen molar-refractivity contribution in [1.82, 2.24) is 4.98 Å². The number of ether oxygens (including phenoxy) is 2. The zero-order valence-electron chi connectivity index (χ0n) is 20.2. The number of aromatic nitrogens is 1. The smallest absolute Gasteiger partial charge is 0.338 e. The number of ketones is 1. The fourth-order valence-electron chi connectivity index (χ4n) is 4.01. The van der Waals surface area contributed by atoms with Crippen LogP contribution >= 0.6 is 0 Å². The van der Waals surface area contributed by atoms with Crippen LogP contribution in [0.3, 0.4) is 0 Å². The van der Waals surface area contributed by atoms with Gasteiger partial charge >= 0.3 is 5.97 Å². The van der Waals surface area contributed by atoms with Crippen molar-refractivity contribution in [3.8, 4) is 5.75 Å². The average Bonchev–Trinajstić information content (AvgIpc) is 3.15. The number of nitrogens with zero attached hydrogens (tertiary/aromatic N) is 2. The van der Waals surface area contributed by atoms with Gasteiger partial charge in [0.2, 0.25) is 0 Å². The molecule has 0 radical (unpaired) electrons. The molecule has 0 bridgehead atoms. The minimum Gasteiger partial charge on any atom is -0.507 e. The molecule has 1 unspecified atom stereocenters. The Kier molecular flexibility index (Phi) is 7.15. The zero-order chi connectivity index (χ0) is 25.8. The number of carbonyl (C=O) groups is 3. The highest BCUT2D eigenvalue weighted by atomic mass is 16.5. The number of benzene rings is 2. The van der Waals surface area contributed by atoms with Gasteiger partial charge in [0.05, 0.1) is 29.5 Å². The Hall–Kier alpha value is -4.46. The van der Waals surface area contributed by atoms with Gasteiger partial charge in [-0.25, -0.2) is 4.79 Å². The summed E-state index contributed by atoms with van der Waals surface area (Å²) in [6.45, 7) is 5.82. The normalized spacial score (nSPS) is 16.9. The molecule has 1 saturated heterocycles. The van der Waals surface area contributed by atoms with Gasteiger partial charge in [-0.2, -0.15) is 0 Å². The van der Waals surface area contributed by atoms with Crippen LogP contribution in [0.5, 0.6) is 5.75 Å². The Morgan fingerprint density at radius 1 is 1.03 bits per heavy atom. The molecule has 4 rings (SSSR count). The number of rotatable bonds is 7. The minimum absolute atomic E-state index is 0.0991. The Labute approximate surface area is 208 Å². The molecule has 184 valence electrons. The van der Waals surface area contributed by atoms with Crippen LogP contribution in [0.2, 0.25) is 0 Å². The van der Waals surface area contributed by atoms with Crippen LogP contribution in [0, 0.1) is 0 Å². The van der Waals surface area contributed by atoms with E-state index in [4.69, 9.17) is 9.47 Å². The number of aliphatic hydroxyl groups excluding tert-OH is 1. The Bertz CT molecular complexity index is 1320. The number of hydrogen-bond donors (Lipinski definition) is 1. The van der Waals surface area contributed by atoms with Crippen molar-refractivity contribution in [2.24, 2.45) is 0 Å². The van der Waals surface area contributed by atoms with Crippen molar-refractivity contribution >= 4 is 29.1 Å². The summed E-state index contributed by atoms with van der Waals surface area (Å²) < 4.78 is 10.7. The van der Waals surface area contributed by atoms with Crippen molar-refractivity contribution in [3.63, 3.8) is 0 Å². The molecular weight excluding hydrogens is 460 g/mol. The van der Waals surface area contributed by atoms with E-state index in [0.717, 1.165) is 0 Å². The van der Waals surface area contributed by atoms with Gasteiger partial charge in [-0.15, -0.1) is 0 Å². The molecule has 0 spiro atoms. The van der Waals surface area contributed by atoms with Crippen molar-refractivity contribution in [2.45, 2.75) is 32.9 Å². The summed E-state index contributed by atoms with van der Waals surface area (Å²) in [4.78, 5) is 44.7. The SMILES string of the molecule is CCOc1ccc(/C(O)=C2\C(=O)C(=O)N(c3cccc(C(=O)OC(C)C)c3)C2c2ccccn2)cc1. The molecular formula is C28H26N2O6. The fourth-order valence-corrected chi connectivity index (χ4v) is 4.01. The van der Waals surface area contributed by atoms with E-state index in [1.54, 1.807) is 80.7 Å². The molecule has 2 heterocycles. The number of aliphatic hydroxyl groups is 1. The molecule has 1 aliphatic rings. The summed E-state index contributed by atoms with van der Waals surface area (Å²) in [6, 6.07) is 17.0. The third-order valence-electron chi connectivity index (χ3n) is 5.55. The second kappa shape index (κ2) is 10.4. The number of esters is 1. The number of Topliss-reactive ketones (excluding diaryl/α,β-unsaturated/α-hetero) is 1. The topological polar surface area (TPSA) is 106 Å². The number of anilines is 1. The molecule has 1 aromatic heterocycles. The summed E-state index contributed by atoms with van der Waals surface area (Å²) in [6.07, 6.45) is 1.22. The van der Waals surface area contributed by atoms with E-state index in [1.807, 2.05) is 6.92 Å². The predicted octanol–water partition coefficient (Wildman–Crippen LogP) is 4.67. The van der Waals surface area contributed by atoms with Crippen LogP contribution in [0.1, 0.15) is 48.4 Å². The van der Waals surface area contributed by atoms with Crippen molar-refractivity contribution in [3.05, 3.63) is 95.3 Å². The van der Waals surface area contributed by atoms with Gasteiger partial charge in [0.15, 0.2) is 0 Å². The molecule has 8 heteroatoms.